The number of aromatic nitrogens is 1. The van der Waals surface area contributed by atoms with Gasteiger partial charge in [0.15, 0.2) is 0 Å². The Labute approximate surface area is 120 Å². The molecule has 0 saturated heterocycles. The molecular weight excluding hydrogens is 329 g/mol. The maximum absolute atomic E-state index is 11.8. The molecule has 17 heavy (non-hydrogen) atoms. The van der Waals surface area contributed by atoms with E-state index in [4.69, 9.17) is 4.74 Å². The number of carbonyl (C=O) groups excluding carboxylic acids is 1. The van der Waals surface area contributed by atoms with Gasteiger partial charge in [-0.1, -0.05) is 25.8 Å². The minimum absolute atomic E-state index is 0. The van der Waals surface area contributed by atoms with Crippen molar-refractivity contribution in [3.63, 3.8) is 0 Å². The standard InChI is InChI=1S/C13H19NO2.HI/c1-3-5-8-12(13(15)16-4-2)11-7-6-9-14-10-11;/h6-7,9-10,12H,3-5,8H2,1-2H3;1H. The van der Waals surface area contributed by atoms with Crippen LogP contribution in [0.5, 0.6) is 0 Å². The first-order chi connectivity index (χ1) is 7.79. The molecule has 1 atom stereocenters. The summed E-state index contributed by atoms with van der Waals surface area (Å²) in [6.45, 7) is 4.38. The first-order valence-corrected chi connectivity index (χ1v) is 5.86. The molecule has 0 aliphatic carbocycles. The second-order valence-electron chi connectivity index (χ2n) is 3.73. The van der Waals surface area contributed by atoms with Crippen LogP contribution in [0, 0.1) is 0 Å². The van der Waals surface area contributed by atoms with Gasteiger partial charge in [0.25, 0.3) is 0 Å². The number of pyridine rings is 1. The van der Waals surface area contributed by atoms with E-state index in [1.807, 2.05) is 19.1 Å². The molecule has 0 aliphatic rings. The van der Waals surface area contributed by atoms with E-state index < -0.39 is 0 Å². The molecule has 0 bridgehead atoms. The van der Waals surface area contributed by atoms with Crippen LogP contribution in [0.25, 0.3) is 0 Å². The SMILES string of the molecule is CCCCC(C(=O)OCC)c1cccnc1.I. The summed E-state index contributed by atoms with van der Waals surface area (Å²) >= 11 is 0. The van der Waals surface area contributed by atoms with Crippen molar-refractivity contribution in [3.05, 3.63) is 30.1 Å². The molecule has 1 heterocycles. The van der Waals surface area contributed by atoms with Gasteiger partial charge >= 0.3 is 5.97 Å². The van der Waals surface area contributed by atoms with Crippen molar-refractivity contribution in [2.24, 2.45) is 0 Å². The van der Waals surface area contributed by atoms with Gasteiger partial charge in [-0.2, -0.15) is 0 Å². The van der Waals surface area contributed by atoms with Gasteiger partial charge in [0, 0.05) is 12.4 Å². The van der Waals surface area contributed by atoms with E-state index in [-0.39, 0.29) is 35.9 Å². The Bertz CT molecular complexity index is 316. The summed E-state index contributed by atoms with van der Waals surface area (Å²) < 4.78 is 5.09. The van der Waals surface area contributed by atoms with E-state index in [0.717, 1.165) is 24.8 Å². The minimum Gasteiger partial charge on any atom is -0.466 e. The molecular formula is C13H20INO2. The molecule has 0 radical (unpaired) electrons. The molecule has 1 aromatic heterocycles. The molecule has 3 nitrogen and oxygen atoms in total. The molecule has 0 aliphatic heterocycles. The highest BCUT2D eigenvalue weighted by atomic mass is 127. The average Bonchev–Trinajstić information content (AvgIpc) is 2.31. The van der Waals surface area contributed by atoms with Gasteiger partial charge < -0.3 is 4.74 Å². The van der Waals surface area contributed by atoms with Gasteiger partial charge in [0.2, 0.25) is 0 Å². The first-order valence-electron chi connectivity index (χ1n) is 5.86. The number of ether oxygens (including phenoxy) is 1. The van der Waals surface area contributed by atoms with Crippen LogP contribution in [0.2, 0.25) is 0 Å². The number of nitrogens with zero attached hydrogens (tertiary/aromatic N) is 1. The van der Waals surface area contributed by atoms with E-state index in [1.165, 1.54) is 0 Å². The van der Waals surface area contributed by atoms with Gasteiger partial charge in [-0.15, -0.1) is 24.0 Å². The monoisotopic (exact) mass is 349 g/mol. The summed E-state index contributed by atoms with van der Waals surface area (Å²) in [4.78, 5) is 15.8. The van der Waals surface area contributed by atoms with E-state index in [2.05, 4.69) is 11.9 Å². The predicted octanol–water partition coefficient (Wildman–Crippen LogP) is 3.54. The number of hydrogen-bond acceptors (Lipinski definition) is 3. The Morgan fingerprint density at radius 3 is 2.76 bits per heavy atom. The highest BCUT2D eigenvalue weighted by Gasteiger charge is 2.21. The van der Waals surface area contributed by atoms with E-state index in [9.17, 15) is 4.79 Å². The zero-order valence-corrected chi connectivity index (χ0v) is 12.7. The molecule has 96 valence electrons. The average molecular weight is 349 g/mol. The zero-order chi connectivity index (χ0) is 11.8. The third kappa shape index (κ3) is 5.48. The molecule has 0 spiro atoms. The molecule has 1 unspecified atom stereocenters. The second kappa shape index (κ2) is 9.39. The van der Waals surface area contributed by atoms with Crippen molar-refractivity contribution in [1.82, 2.24) is 4.98 Å². The lowest BCUT2D eigenvalue weighted by atomic mass is 9.95. The summed E-state index contributed by atoms with van der Waals surface area (Å²) in [5.74, 6) is -0.294. The van der Waals surface area contributed by atoms with Crippen LogP contribution in [-0.4, -0.2) is 17.6 Å². The smallest absolute Gasteiger partial charge is 0.313 e. The van der Waals surface area contributed by atoms with Crippen LogP contribution in [-0.2, 0) is 9.53 Å². The molecule has 4 heteroatoms. The second-order valence-corrected chi connectivity index (χ2v) is 3.73. The lowest BCUT2D eigenvalue weighted by molar-refractivity contribution is -0.145. The molecule has 0 aromatic carbocycles. The van der Waals surface area contributed by atoms with Crippen molar-refractivity contribution in [1.29, 1.82) is 0 Å². The largest absolute Gasteiger partial charge is 0.466 e. The number of carbonyl (C=O) groups is 1. The van der Waals surface area contributed by atoms with Crippen molar-refractivity contribution in [2.75, 3.05) is 6.61 Å². The third-order valence-electron chi connectivity index (χ3n) is 2.50. The highest BCUT2D eigenvalue weighted by molar-refractivity contribution is 14.0. The lowest BCUT2D eigenvalue weighted by Crippen LogP contribution is -2.16. The van der Waals surface area contributed by atoms with Crippen molar-refractivity contribution < 1.29 is 9.53 Å². The van der Waals surface area contributed by atoms with Crippen molar-refractivity contribution in [3.8, 4) is 0 Å². The first kappa shape index (κ1) is 16.4. The fraction of sp³-hybridized carbons (Fsp3) is 0.538. The molecule has 1 rings (SSSR count). The number of halogens is 1. The van der Waals surface area contributed by atoms with Gasteiger partial charge in [-0.3, -0.25) is 9.78 Å². The summed E-state index contributed by atoms with van der Waals surface area (Å²) in [7, 11) is 0. The molecule has 0 saturated carbocycles. The summed E-state index contributed by atoms with van der Waals surface area (Å²) in [5.41, 5.74) is 0.953. The van der Waals surface area contributed by atoms with Gasteiger partial charge in [-0.05, 0) is 25.0 Å². The maximum atomic E-state index is 11.8. The van der Waals surface area contributed by atoms with Gasteiger partial charge in [-0.25, -0.2) is 0 Å². The Kier molecular flexibility index (Phi) is 9.03. The van der Waals surface area contributed by atoms with Crippen LogP contribution in [0.4, 0.5) is 0 Å². The summed E-state index contributed by atoms with van der Waals surface area (Å²) in [6, 6.07) is 3.79. The fourth-order valence-electron chi connectivity index (χ4n) is 1.65. The van der Waals surface area contributed by atoms with Crippen LogP contribution in [0.15, 0.2) is 24.5 Å². The van der Waals surface area contributed by atoms with Crippen molar-refractivity contribution in [2.45, 2.75) is 39.0 Å². The Hall–Kier alpha value is -0.650. The van der Waals surface area contributed by atoms with Gasteiger partial charge in [0.1, 0.15) is 0 Å². The zero-order valence-electron chi connectivity index (χ0n) is 10.4. The van der Waals surface area contributed by atoms with Crippen LogP contribution in [0.3, 0.4) is 0 Å². The summed E-state index contributed by atoms with van der Waals surface area (Å²) in [6.07, 6.45) is 6.40. The fourth-order valence-corrected chi connectivity index (χ4v) is 1.65. The number of hydrogen-bond donors (Lipinski definition) is 0. The normalized spacial score (nSPS) is 11.4. The molecule has 0 amide bonds. The van der Waals surface area contributed by atoms with Crippen LogP contribution in [0.1, 0.15) is 44.6 Å². The number of esters is 1. The van der Waals surface area contributed by atoms with E-state index >= 15 is 0 Å². The molecule has 0 N–H and O–H groups in total. The van der Waals surface area contributed by atoms with Crippen LogP contribution < -0.4 is 0 Å². The topological polar surface area (TPSA) is 39.2 Å². The third-order valence-corrected chi connectivity index (χ3v) is 2.50. The Morgan fingerprint density at radius 1 is 1.47 bits per heavy atom. The lowest BCUT2D eigenvalue weighted by Gasteiger charge is -2.14. The number of unbranched alkanes of at least 4 members (excludes halogenated alkanes) is 1. The number of rotatable bonds is 6. The minimum atomic E-state index is -0.159. The summed E-state index contributed by atoms with van der Waals surface area (Å²) in [5, 5.41) is 0. The maximum Gasteiger partial charge on any atom is 0.313 e. The predicted molar refractivity (Wildman–Crippen MR) is 78.6 cm³/mol. The highest BCUT2D eigenvalue weighted by Crippen LogP contribution is 2.22. The molecule has 0 fully saturated rings. The molecule has 1 aromatic rings. The van der Waals surface area contributed by atoms with Gasteiger partial charge in [0.05, 0.1) is 12.5 Å². The van der Waals surface area contributed by atoms with E-state index in [0.29, 0.717) is 6.61 Å². The van der Waals surface area contributed by atoms with E-state index in [1.54, 1.807) is 12.4 Å². The Morgan fingerprint density at radius 2 is 2.24 bits per heavy atom. The quantitative estimate of drug-likeness (QED) is 0.583. The van der Waals surface area contributed by atoms with Crippen molar-refractivity contribution >= 4 is 29.9 Å². The van der Waals surface area contributed by atoms with Crippen LogP contribution >= 0.6 is 24.0 Å². The Balaban J connectivity index is 0.00000256.